The van der Waals surface area contributed by atoms with Crippen LogP contribution in [0.2, 0.25) is 0 Å². The Labute approximate surface area is 107 Å². The average Bonchev–Trinajstić information content (AvgIpc) is 2.34. The summed E-state index contributed by atoms with van der Waals surface area (Å²) in [5.41, 5.74) is 7.55. The average molecular weight is 249 g/mol. The van der Waals surface area contributed by atoms with Crippen molar-refractivity contribution in [3.8, 4) is 5.75 Å². The van der Waals surface area contributed by atoms with Crippen LogP contribution in [-0.2, 0) is 4.79 Å². The van der Waals surface area contributed by atoms with Gasteiger partial charge in [0.15, 0.2) is 0 Å². The maximum atomic E-state index is 10.5. The number of allylic oxidation sites excluding steroid dienone is 1. The largest absolute Gasteiger partial charge is 0.496 e. The summed E-state index contributed by atoms with van der Waals surface area (Å²) < 4.78 is 5.18. The Bertz CT molecular complexity index is 441. The highest BCUT2D eigenvalue weighted by Crippen LogP contribution is 2.19. The number of hydrogen-bond acceptors (Lipinski definition) is 3. The predicted octanol–water partition coefficient (Wildman–Crippen LogP) is 2.21. The number of rotatable bonds is 6. The fourth-order valence-electron chi connectivity index (χ4n) is 1.62. The Morgan fingerprint density at radius 3 is 2.83 bits per heavy atom. The zero-order valence-electron chi connectivity index (χ0n) is 10.7. The highest BCUT2D eigenvalue weighted by atomic mass is 16.5. The number of nitrogens with two attached hydrogens (primary N) is 1. The van der Waals surface area contributed by atoms with Crippen molar-refractivity contribution in [1.82, 2.24) is 0 Å². The van der Waals surface area contributed by atoms with Gasteiger partial charge < -0.3 is 15.6 Å². The lowest BCUT2D eigenvalue weighted by Crippen LogP contribution is -2.29. The first-order valence-corrected chi connectivity index (χ1v) is 5.84. The molecule has 18 heavy (non-hydrogen) atoms. The van der Waals surface area contributed by atoms with Crippen LogP contribution in [-0.4, -0.2) is 24.2 Å². The maximum Gasteiger partial charge on any atom is 0.320 e. The summed E-state index contributed by atoms with van der Waals surface area (Å²) in [6.45, 7) is 1.98. The first-order chi connectivity index (χ1) is 8.54. The Morgan fingerprint density at radius 2 is 2.28 bits per heavy atom. The van der Waals surface area contributed by atoms with E-state index in [0.717, 1.165) is 16.9 Å². The van der Waals surface area contributed by atoms with E-state index in [4.69, 9.17) is 15.6 Å². The Balaban J connectivity index is 2.52. The van der Waals surface area contributed by atoms with Crippen LogP contribution in [0.15, 0.2) is 24.3 Å². The molecule has 4 nitrogen and oxygen atoms in total. The molecule has 1 rings (SSSR count). The van der Waals surface area contributed by atoms with Crippen LogP contribution in [0.1, 0.15) is 24.0 Å². The van der Waals surface area contributed by atoms with Crippen molar-refractivity contribution in [2.45, 2.75) is 25.8 Å². The second kappa shape index (κ2) is 6.81. The molecular formula is C14H19NO3. The number of methoxy groups -OCH3 is 1. The van der Waals surface area contributed by atoms with Crippen molar-refractivity contribution in [3.05, 3.63) is 35.4 Å². The van der Waals surface area contributed by atoms with E-state index in [0.29, 0.717) is 12.8 Å². The Hall–Kier alpha value is -1.81. The molecular weight excluding hydrogens is 230 g/mol. The zero-order chi connectivity index (χ0) is 13.5. The second-order valence-corrected chi connectivity index (χ2v) is 4.15. The van der Waals surface area contributed by atoms with Crippen molar-refractivity contribution in [2.24, 2.45) is 5.73 Å². The number of carbonyl (C=O) groups is 1. The monoisotopic (exact) mass is 249 g/mol. The summed E-state index contributed by atoms with van der Waals surface area (Å²) in [6.07, 6.45) is 4.99. The molecule has 0 bridgehead atoms. The smallest absolute Gasteiger partial charge is 0.320 e. The third kappa shape index (κ3) is 4.22. The summed E-state index contributed by atoms with van der Waals surface area (Å²) in [5, 5.41) is 8.63. The summed E-state index contributed by atoms with van der Waals surface area (Å²) >= 11 is 0. The number of aryl methyl sites for hydroxylation is 1. The van der Waals surface area contributed by atoms with Crippen LogP contribution in [0.4, 0.5) is 0 Å². The normalized spacial score (nSPS) is 12.6. The van der Waals surface area contributed by atoms with Crippen LogP contribution in [0.5, 0.6) is 5.75 Å². The molecule has 0 amide bonds. The van der Waals surface area contributed by atoms with Gasteiger partial charge in [-0.1, -0.05) is 18.2 Å². The number of carboxylic acids is 1. The minimum absolute atomic E-state index is 0.445. The van der Waals surface area contributed by atoms with Crippen molar-refractivity contribution >= 4 is 12.0 Å². The third-order valence-corrected chi connectivity index (χ3v) is 2.69. The van der Waals surface area contributed by atoms with Gasteiger partial charge in [0.25, 0.3) is 0 Å². The third-order valence-electron chi connectivity index (χ3n) is 2.69. The fourth-order valence-corrected chi connectivity index (χ4v) is 1.62. The van der Waals surface area contributed by atoms with Crippen molar-refractivity contribution in [2.75, 3.05) is 7.11 Å². The number of hydrogen-bond donors (Lipinski definition) is 2. The van der Waals surface area contributed by atoms with E-state index in [1.54, 1.807) is 7.11 Å². The lowest BCUT2D eigenvalue weighted by atomic mass is 10.1. The van der Waals surface area contributed by atoms with Crippen LogP contribution < -0.4 is 10.5 Å². The highest BCUT2D eigenvalue weighted by molar-refractivity contribution is 5.73. The molecule has 0 saturated carbocycles. The molecule has 3 N–H and O–H groups in total. The van der Waals surface area contributed by atoms with E-state index in [1.807, 2.05) is 37.3 Å². The van der Waals surface area contributed by atoms with Gasteiger partial charge in [-0.2, -0.15) is 0 Å². The minimum Gasteiger partial charge on any atom is -0.496 e. The molecule has 4 heteroatoms. The van der Waals surface area contributed by atoms with Crippen LogP contribution >= 0.6 is 0 Å². The van der Waals surface area contributed by atoms with Gasteiger partial charge in [0.1, 0.15) is 11.8 Å². The van der Waals surface area contributed by atoms with E-state index in [9.17, 15) is 4.79 Å². The van der Waals surface area contributed by atoms with E-state index in [1.165, 1.54) is 0 Å². The maximum absolute atomic E-state index is 10.5. The van der Waals surface area contributed by atoms with Crippen molar-refractivity contribution < 1.29 is 14.6 Å². The standard InChI is InChI=1S/C14H19NO3/c1-10-9-11(7-8-13(10)18-2)5-3-4-6-12(15)14(16)17/h3,5,7-9,12H,4,6,15H2,1-2H3,(H,16,17)/b5-3+. The summed E-state index contributed by atoms with van der Waals surface area (Å²) in [5.74, 6) is -0.0938. The van der Waals surface area contributed by atoms with Gasteiger partial charge in [0, 0.05) is 0 Å². The number of aliphatic carboxylic acids is 1. The van der Waals surface area contributed by atoms with E-state index < -0.39 is 12.0 Å². The van der Waals surface area contributed by atoms with Crippen LogP contribution in [0.3, 0.4) is 0 Å². The molecule has 1 unspecified atom stereocenters. The minimum atomic E-state index is -0.955. The highest BCUT2D eigenvalue weighted by Gasteiger charge is 2.08. The van der Waals surface area contributed by atoms with Gasteiger partial charge in [0.2, 0.25) is 0 Å². The molecule has 0 heterocycles. The van der Waals surface area contributed by atoms with Crippen molar-refractivity contribution in [1.29, 1.82) is 0 Å². The van der Waals surface area contributed by atoms with E-state index >= 15 is 0 Å². The first kappa shape index (κ1) is 14.3. The van der Waals surface area contributed by atoms with E-state index in [2.05, 4.69) is 0 Å². The van der Waals surface area contributed by atoms with Gasteiger partial charge in [-0.25, -0.2) is 0 Å². The van der Waals surface area contributed by atoms with Crippen LogP contribution in [0.25, 0.3) is 6.08 Å². The molecule has 0 aliphatic heterocycles. The lowest BCUT2D eigenvalue weighted by molar-refractivity contribution is -0.138. The molecule has 0 aromatic heterocycles. The zero-order valence-corrected chi connectivity index (χ0v) is 10.7. The van der Waals surface area contributed by atoms with Gasteiger partial charge >= 0.3 is 5.97 Å². The SMILES string of the molecule is COc1ccc(/C=C/CCC(N)C(=O)O)cc1C. The molecule has 0 aliphatic carbocycles. The Kier molecular flexibility index (Phi) is 5.39. The molecule has 0 aliphatic rings. The summed E-state index contributed by atoms with van der Waals surface area (Å²) in [7, 11) is 1.64. The Morgan fingerprint density at radius 1 is 1.56 bits per heavy atom. The quantitative estimate of drug-likeness (QED) is 0.810. The van der Waals surface area contributed by atoms with Gasteiger partial charge in [0.05, 0.1) is 7.11 Å². The molecule has 0 fully saturated rings. The fraction of sp³-hybridized carbons (Fsp3) is 0.357. The second-order valence-electron chi connectivity index (χ2n) is 4.15. The topological polar surface area (TPSA) is 72.5 Å². The molecule has 1 aromatic carbocycles. The summed E-state index contributed by atoms with van der Waals surface area (Å²) in [6, 6.07) is 5.11. The molecule has 0 spiro atoms. The molecule has 0 saturated heterocycles. The lowest BCUT2D eigenvalue weighted by Gasteiger charge is -2.05. The number of benzene rings is 1. The molecule has 0 radical (unpaired) electrons. The van der Waals surface area contributed by atoms with Gasteiger partial charge in [-0.3, -0.25) is 4.79 Å². The molecule has 1 atom stereocenters. The van der Waals surface area contributed by atoms with Gasteiger partial charge in [-0.05, 0) is 43.0 Å². The number of carboxylic acid groups (broad SMARTS) is 1. The van der Waals surface area contributed by atoms with E-state index in [-0.39, 0.29) is 0 Å². The van der Waals surface area contributed by atoms with Gasteiger partial charge in [-0.15, -0.1) is 0 Å². The van der Waals surface area contributed by atoms with Crippen LogP contribution in [0, 0.1) is 6.92 Å². The summed E-state index contributed by atoms with van der Waals surface area (Å²) in [4.78, 5) is 10.5. The first-order valence-electron chi connectivity index (χ1n) is 5.84. The van der Waals surface area contributed by atoms with Crippen molar-refractivity contribution in [3.63, 3.8) is 0 Å². The predicted molar refractivity (Wildman–Crippen MR) is 71.6 cm³/mol. The molecule has 98 valence electrons. The number of ether oxygens (including phenoxy) is 1. The molecule has 1 aromatic rings.